The topological polar surface area (TPSA) is 126 Å². The Kier molecular flexibility index (Phi) is 7.06. The maximum absolute atomic E-state index is 13.8. The average Bonchev–Trinajstić information content (AvgIpc) is 2.78. The number of methoxy groups -OCH3 is 1. The number of rotatable bonds is 5. The average molecular weight is 458 g/mol. The Labute approximate surface area is 180 Å². The lowest BCUT2D eigenvalue weighted by molar-refractivity contribution is -0.278. The highest BCUT2D eigenvalue weighted by atomic mass is 19.4. The van der Waals surface area contributed by atoms with E-state index in [0.717, 1.165) is 12.1 Å². The van der Waals surface area contributed by atoms with Gasteiger partial charge in [0, 0.05) is 0 Å². The van der Waals surface area contributed by atoms with Gasteiger partial charge in [0.2, 0.25) is 6.29 Å². The third-order valence-electron chi connectivity index (χ3n) is 4.99. The van der Waals surface area contributed by atoms with Gasteiger partial charge >= 0.3 is 12.1 Å². The van der Waals surface area contributed by atoms with E-state index in [1.807, 2.05) is 0 Å². The zero-order valence-corrected chi connectivity index (χ0v) is 16.7. The molecule has 0 bridgehead atoms. The molecule has 1 saturated heterocycles. The summed E-state index contributed by atoms with van der Waals surface area (Å²) in [7, 11) is 1.18. The van der Waals surface area contributed by atoms with Gasteiger partial charge in [-0.15, -0.1) is 0 Å². The predicted octanol–water partition coefficient (Wildman–Crippen LogP) is 1.34. The first-order chi connectivity index (χ1) is 15.1. The summed E-state index contributed by atoms with van der Waals surface area (Å²) in [5.41, 5.74) is -0.599. The molecular formula is C21H21F3O8. The first-order valence-corrected chi connectivity index (χ1v) is 9.44. The largest absolute Gasteiger partial charge is 0.465 e. The highest BCUT2D eigenvalue weighted by molar-refractivity contribution is 5.91. The molecule has 8 nitrogen and oxygen atoms in total. The van der Waals surface area contributed by atoms with Crippen LogP contribution >= 0.6 is 0 Å². The molecule has 3 rings (SSSR count). The lowest BCUT2D eigenvalue weighted by Gasteiger charge is -2.39. The monoisotopic (exact) mass is 458 g/mol. The minimum atomic E-state index is -4.86. The first kappa shape index (κ1) is 24.0. The Bertz CT molecular complexity index is 962. The van der Waals surface area contributed by atoms with Crippen LogP contribution in [0.25, 0.3) is 11.1 Å². The van der Waals surface area contributed by atoms with Crippen molar-refractivity contribution in [2.24, 2.45) is 0 Å². The van der Waals surface area contributed by atoms with Crippen LogP contribution in [0, 0.1) is 0 Å². The van der Waals surface area contributed by atoms with Crippen LogP contribution in [0.15, 0.2) is 42.5 Å². The fourth-order valence-corrected chi connectivity index (χ4v) is 3.27. The SMILES string of the molecule is COC(=O)c1cccc(-c2ccc(O[C@H]3O[C@H](CO)[C@@H](O)[C@@H](O)[C@H]3O)c(C(F)(F)F)c2)c1. The van der Waals surface area contributed by atoms with Crippen molar-refractivity contribution in [3.8, 4) is 16.9 Å². The van der Waals surface area contributed by atoms with Crippen LogP contribution in [0.1, 0.15) is 15.9 Å². The van der Waals surface area contributed by atoms with Crippen molar-refractivity contribution in [2.75, 3.05) is 13.7 Å². The van der Waals surface area contributed by atoms with Gasteiger partial charge < -0.3 is 34.6 Å². The van der Waals surface area contributed by atoms with E-state index >= 15 is 0 Å². The molecule has 1 heterocycles. The minimum Gasteiger partial charge on any atom is -0.465 e. The highest BCUT2D eigenvalue weighted by Crippen LogP contribution is 2.40. The Balaban J connectivity index is 1.96. The summed E-state index contributed by atoms with van der Waals surface area (Å²) < 4.78 is 56.2. The predicted molar refractivity (Wildman–Crippen MR) is 103 cm³/mol. The lowest BCUT2D eigenvalue weighted by atomic mass is 9.99. The molecule has 0 aromatic heterocycles. The zero-order valence-electron chi connectivity index (χ0n) is 16.7. The Morgan fingerprint density at radius 1 is 1.03 bits per heavy atom. The van der Waals surface area contributed by atoms with Crippen LogP contribution in [-0.4, -0.2) is 70.8 Å². The van der Waals surface area contributed by atoms with Crippen molar-refractivity contribution in [3.05, 3.63) is 53.6 Å². The molecule has 1 fully saturated rings. The maximum Gasteiger partial charge on any atom is 0.419 e. The van der Waals surface area contributed by atoms with Crippen molar-refractivity contribution >= 4 is 5.97 Å². The zero-order chi connectivity index (χ0) is 23.6. The van der Waals surface area contributed by atoms with Gasteiger partial charge in [-0.1, -0.05) is 18.2 Å². The van der Waals surface area contributed by atoms with Gasteiger partial charge in [-0.05, 0) is 35.4 Å². The van der Waals surface area contributed by atoms with Crippen molar-refractivity contribution in [2.45, 2.75) is 36.9 Å². The van der Waals surface area contributed by atoms with Gasteiger partial charge in [-0.3, -0.25) is 0 Å². The maximum atomic E-state index is 13.8. The summed E-state index contributed by atoms with van der Waals surface area (Å²) >= 11 is 0. The van der Waals surface area contributed by atoms with Crippen LogP contribution in [0.5, 0.6) is 5.75 Å². The Hall–Kier alpha value is -2.70. The van der Waals surface area contributed by atoms with Gasteiger partial charge in [-0.25, -0.2) is 4.79 Å². The molecule has 0 amide bonds. The summed E-state index contributed by atoms with van der Waals surface area (Å²) in [5.74, 6) is -1.35. The van der Waals surface area contributed by atoms with Crippen molar-refractivity contribution in [3.63, 3.8) is 0 Å². The Morgan fingerprint density at radius 3 is 2.34 bits per heavy atom. The van der Waals surface area contributed by atoms with E-state index in [9.17, 15) is 38.4 Å². The summed E-state index contributed by atoms with van der Waals surface area (Å²) in [5, 5.41) is 38.9. The molecule has 0 saturated carbocycles. The van der Waals surface area contributed by atoms with Gasteiger partial charge in [0.1, 0.15) is 30.2 Å². The fraction of sp³-hybridized carbons (Fsp3) is 0.381. The second kappa shape index (κ2) is 9.43. The van der Waals surface area contributed by atoms with E-state index in [-0.39, 0.29) is 11.1 Å². The molecule has 4 N–H and O–H groups in total. The quantitative estimate of drug-likeness (QED) is 0.495. The molecule has 1 aliphatic rings. The molecule has 174 valence electrons. The number of hydrogen-bond donors (Lipinski definition) is 4. The van der Waals surface area contributed by atoms with Gasteiger partial charge in [0.15, 0.2) is 0 Å². The first-order valence-electron chi connectivity index (χ1n) is 9.44. The highest BCUT2D eigenvalue weighted by Gasteiger charge is 2.45. The number of aliphatic hydroxyl groups is 4. The van der Waals surface area contributed by atoms with E-state index < -0.39 is 60.8 Å². The number of aliphatic hydroxyl groups excluding tert-OH is 4. The van der Waals surface area contributed by atoms with Gasteiger partial charge in [-0.2, -0.15) is 13.2 Å². The Morgan fingerprint density at radius 2 is 1.72 bits per heavy atom. The number of benzene rings is 2. The van der Waals surface area contributed by atoms with E-state index in [2.05, 4.69) is 4.74 Å². The van der Waals surface area contributed by atoms with Crippen LogP contribution in [0.3, 0.4) is 0 Å². The number of hydrogen-bond acceptors (Lipinski definition) is 8. The molecule has 5 atom stereocenters. The molecule has 0 aliphatic carbocycles. The summed E-state index contributed by atoms with van der Waals surface area (Å²) in [4.78, 5) is 11.7. The molecule has 0 radical (unpaired) electrons. The number of esters is 1. The molecule has 0 unspecified atom stereocenters. The summed E-state index contributed by atoms with van der Waals surface area (Å²) in [6, 6.07) is 8.95. The molecule has 1 aliphatic heterocycles. The summed E-state index contributed by atoms with van der Waals surface area (Å²) in [6.07, 6.45) is -13.3. The third kappa shape index (κ3) is 4.87. The second-order valence-corrected chi connectivity index (χ2v) is 7.10. The van der Waals surface area contributed by atoms with Crippen LogP contribution < -0.4 is 4.74 Å². The minimum absolute atomic E-state index is 0.129. The number of alkyl halides is 3. The van der Waals surface area contributed by atoms with Crippen LogP contribution in [-0.2, 0) is 15.7 Å². The number of ether oxygens (including phenoxy) is 3. The van der Waals surface area contributed by atoms with E-state index in [0.29, 0.717) is 5.56 Å². The molecular weight excluding hydrogens is 437 g/mol. The van der Waals surface area contributed by atoms with Gasteiger partial charge in [0.05, 0.1) is 24.8 Å². The van der Waals surface area contributed by atoms with Crippen LogP contribution in [0.4, 0.5) is 13.2 Å². The van der Waals surface area contributed by atoms with Gasteiger partial charge in [0.25, 0.3) is 0 Å². The normalized spacial score (nSPS) is 25.9. The van der Waals surface area contributed by atoms with Crippen molar-refractivity contribution in [1.82, 2.24) is 0 Å². The smallest absolute Gasteiger partial charge is 0.419 e. The second-order valence-electron chi connectivity index (χ2n) is 7.10. The number of halogens is 3. The van der Waals surface area contributed by atoms with E-state index in [4.69, 9.17) is 9.47 Å². The van der Waals surface area contributed by atoms with E-state index in [1.165, 1.54) is 37.4 Å². The molecule has 11 heteroatoms. The van der Waals surface area contributed by atoms with Crippen molar-refractivity contribution < 1.29 is 52.6 Å². The van der Waals surface area contributed by atoms with Crippen molar-refractivity contribution in [1.29, 1.82) is 0 Å². The molecule has 2 aromatic rings. The lowest BCUT2D eigenvalue weighted by Crippen LogP contribution is -2.60. The van der Waals surface area contributed by atoms with Crippen LogP contribution in [0.2, 0.25) is 0 Å². The molecule has 0 spiro atoms. The summed E-state index contributed by atoms with van der Waals surface area (Å²) in [6.45, 7) is -0.758. The van der Waals surface area contributed by atoms with E-state index in [1.54, 1.807) is 0 Å². The third-order valence-corrected chi connectivity index (χ3v) is 4.99. The standard InChI is InChI=1S/C21H21F3O8/c1-30-19(29)12-4-2-3-10(7-12)11-5-6-14(13(8-11)21(22,23)24)31-20-18(28)17(27)16(26)15(9-25)32-20/h2-8,15-18,20,25-28H,9H2,1H3/t15-,16-,17-,18-,20+/m1/s1. The fourth-order valence-electron chi connectivity index (χ4n) is 3.27. The number of carbonyl (C=O) groups is 1. The number of carbonyl (C=O) groups excluding carboxylic acids is 1. The molecule has 32 heavy (non-hydrogen) atoms. The molecule has 2 aromatic carbocycles.